The van der Waals surface area contributed by atoms with E-state index in [4.69, 9.17) is 25.5 Å². The van der Waals surface area contributed by atoms with Crippen molar-refractivity contribution in [3.63, 3.8) is 0 Å². The Balaban J connectivity index is 1.54. The Morgan fingerprint density at radius 3 is 2.79 bits per heavy atom. The third-order valence-electron chi connectivity index (χ3n) is 3.38. The molecule has 120 valence electrons. The van der Waals surface area contributed by atoms with Gasteiger partial charge in [-0.15, -0.1) is 5.10 Å². The molecular weight excluding hydrogens is 334 g/mol. The van der Waals surface area contributed by atoms with Gasteiger partial charge in [-0.05, 0) is 30.3 Å². The van der Waals surface area contributed by atoms with E-state index in [0.29, 0.717) is 27.6 Å². The molecule has 7 nitrogen and oxygen atoms in total. The van der Waals surface area contributed by atoms with Crippen LogP contribution in [0.4, 0.5) is 6.01 Å². The molecule has 0 atom stereocenters. The summed E-state index contributed by atoms with van der Waals surface area (Å²) in [6.45, 7) is 0.144. The number of carbonyl (C=O) groups excluding carboxylic acids is 1. The Bertz CT molecular complexity index is 925. The summed E-state index contributed by atoms with van der Waals surface area (Å²) in [6, 6.07) is 11.9. The summed E-state index contributed by atoms with van der Waals surface area (Å²) < 4.78 is 15.9. The van der Waals surface area contributed by atoms with Gasteiger partial charge in [0.1, 0.15) is 0 Å². The Hall–Kier alpha value is -3.06. The number of nitrogens with zero attached hydrogens (tertiary/aromatic N) is 2. The van der Waals surface area contributed by atoms with Crippen LogP contribution in [-0.2, 0) is 0 Å². The number of ether oxygens (including phenoxy) is 2. The number of amides is 1. The number of nitrogens with one attached hydrogen (secondary N) is 1. The largest absolute Gasteiger partial charge is 0.454 e. The molecule has 0 aliphatic carbocycles. The van der Waals surface area contributed by atoms with Gasteiger partial charge in [0, 0.05) is 5.56 Å². The molecule has 2 heterocycles. The quantitative estimate of drug-likeness (QED) is 0.784. The highest BCUT2D eigenvalue weighted by atomic mass is 35.5. The van der Waals surface area contributed by atoms with Gasteiger partial charge < -0.3 is 13.9 Å². The SMILES string of the molecule is O=C(Nc1nnc(-c2ccccc2Cl)o1)c1ccc2c(c1)OCO2. The van der Waals surface area contributed by atoms with Crippen LogP contribution < -0.4 is 14.8 Å². The summed E-state index contributed by atoms with van der Waals surface area (Å²) >= 11 is 6.08. The summed E-state index contributed by atoms with van der Waals surface area (Å²) in [5.41, 5.74) is 0.979. The van der Waals surface area contributed by atoms with Crippen molar-refractivity contribution in [3.8, 4) is 23.0 Å². The molecule has 1 N–H and O–H groups in total. The number of rotatable bonds is 3. The van der Waals surface area contributed by atoms with Gasteiger partial charge in [0.2, 0.25) is 6.79 Å². The lowest BCUT2D eigenvalue weighted by Gasteiger charge is -2.02. The van der Waals surface area contributed by atoms with E-state index in [0.717, 1.165) is 0 Å². The minimum atomic E-state index is -0.400. The van der Waals surface area contributed by atoms with Crippen LogP contribution in [0, 0.1) is 0 Å². The Morgan fingerprint density at radius 2 is 1.92 bits per heavy atom. The zero-order valence-corrected chi connectivity index (χ0v) is 12.9. The number of anilines is 1. The lowest BCUT2D eigenvalue weighted by molar-refractivity contribution is 0.102. The summed E-state index contributed by atoms with van der Waals surface area (Å²) in [6.07, 6.45) is 0. The zero-order chi connectivity index (χ0) is 16.5. The standard InChI is InChI=1S/C16H10ClN3O4/c17-11-4-2-1-3-10(11)15-19-20-16(24-15)18-14(21)9-5-6-12-13(7-9)23-8-22-12/h1-7H,8H2,(H,18,20,21). The molecule has 0 radical (unpaired) electrons. The molecule has 1 amide bonds. The number of halogens is 1. The van der Waals surface area contributed by atoms with Crippen LogP contribution in [0.2, 0.25) is 5.02 Å². The molecule has 8 heteroatoms. The smallest absolute Gasteiger partial charge is 0.322 e. The average Bonchev–Trinajstić information content (AvgIpc) is 3.23. The third kappa shape index (κ3) is 2.65. The first-order chi connectivity index (χ1) is 11.7. The summed E-state index contributed by atoms with van der Waals surface area (Å²) in [4.78, 5) is 12.3. The van der Waals surface area contributed by atoms with E-state index in [-0.39, 0.29) is 18.7 Å². The van der Waals surface area contributed by atoms with E-state index in [9.17, 15) is 4.79 Å². The maximum absolute atomic E-state index is 12.3. The minimum absolute atomic E-state index is 0.0208. The molecule has 0 saturated carbocycles. The van der Waals surface area contributed by atoms with Gasteiger partial charge in [0.15, 0.2) is 11.5 Å². The van der Waals surface area contributed by atoms with Crippen molar-refractivity contribution in [3.05, 3.63) is 53.1 Å². The van der Waals surface area contributed by atoms with Crippen LogP contribution in [0.15, 0.2) is 46.9 Å². The molecule has 1 aliphatic heterocycles. The molecule has 1 aliphatic rings. The second-order valence-electron chi connectivity index (χ2n) is 4.91. The first-order valence-corrected chi connectivity index (χ1v) is 7.38. The molecule has 0 spiro atoms. The van der Waals surface area contributed by atoms with Crippen LogP contribution in [0.25, 0.3) is 11.5 Å². The van der Waals surface area contributed by atoms with E-state index >= 15 is 0 Å². The van der Waals surface area contributed by atoms with Crippen LogP contribution in [0.5, 0.6) is 11.5 Å². The van der Waals surface area contributed by atoms with Crippen LogP contribution in [0.3, 0.4) is 0 Å². The monoisotopic (exact) mass is 343 g/mol. The molecule has 24 heavy (non-hydrogen) atoms. The van der Waals surface area contributed by atoms with Gasteiger partial charge >= 0.3 is 6.01 Å². The first-order valence-electron chi connectivity index (χ1n) is 7.00. The second kappa shape index (κ2) is 5.86. The van der Waals surface area contributed by atoms with E-state index in [1.807, 2.05) is 0 Å². The second-order valence-corrected chi connectivity index (χ2v) is 5.32. The normalized spacial score (nSPS) is 12.2. The van der Waals surface area contributed by atoms with Crippen molar-refractivity contribution in [1.82, 2.24) is 10.2 Å². The number of fused-ring (bicyclic) bond motifs is 1. The van der Waals surface area contributed by atoms with Crippen molar-refractivity contribution in [1.29, 1.82) is 0 Å². The van der Waals surface area contributed by atoms with Gasteiger partial charge in [-0.1, -0.05) is 28.8 Å². The third-order valence-corrected chi connectivity index (χ3v) is 3.71. The van der Waals surface area contributed by atoms with Crippen LogP contribution in [0.1, 0.15) is 10.4 Å². The van der Waals surface area contributed by atoms with Gasteiger partial charge in [0.05, 0.1) is 10.6 Å². The number of hydrogen-bond donors (Lipinski definition) is 1. The maximum atomic E-state index is 12.3. The van der Waals surface area contributed by atoms with Crippen LogP contribution in [-0.4, -0.2) is 22.9 Å². The molecule has 1 aromatic heterocycles. The fourth-order valence-electron chi connectivity index (χ4n) is 2.22. The average molecular weight is 344 g/mol. The Morgan fingerprint density at radius 1 is 1.08 bits per heavy atom. The number of hydrogen-bond acceptors (Lipinski definition) is 6. The van der Waals surface area contributed by atoms with Crippen LogP contribution >= 0.6 is 11.6 Å². The predicted octanol–water partition coefficient (Wildman–Crippen LogP) is 3.37. The lowest BCUT2D eigenvalue weighted by Crippen LogP contribution is -2.12. The molecule has 0 unspecified atom stereocenters. The summed E-state index contributed by atoms with van der Waals surface area (Å²) in [5, 5.41) is 10.7. The van der Waals surface area contributed by atoms with Crippen molar-refractivity contribution >= 4 is 23.5 Å². The fraction of sp³-hybridized carbons (Fsp3) is 0.0625. The van der Waals surface area contributed by atoms with Crippen molar-refractivity contribution in [2.45, 2.75) is 0 Å². The lowest BCUT2D eigenvalue weighted by atomic mass is 10.2. The zero-order valence-electron chi connectivity index (χ0n) is 12.2. The number of aromatic nitrogens is 2. The highest BCUT2D eigenvalue weighted by Crippen LogP contribution is 2.33. The molecule has 2 aromatic carbocycles. The first kappa shape index (κ1) is 14.5. The van der Waals surface area contributed by atoms with E-state index in [2.05, 4.69) is 15.5 Å². The minimum Gasteiger partial charge on any atom is -0.454 e. The van der Waals surface area contributed by atoms with Crippen molar-refractivity contribution in [2.75, 3.05) is 12.1 Å². The van der Waals surface area contributed by atoms with E-state index < -0.39 is 5.91 Å². The Labute approximate surface area is 141 Å². The van der Waals surface area contributed by atoms with Gasteiger partial charge in [-0.25, -0.2) is 0 Å². The summed E-state index contributed by atoms with van der Waals surface area (Å²) in [5.74, 6) is 0.944. The molecule has 3 aromatic rings. The van der Waals surface area contributed by atoms with Crippen molar-refractivity contribution in [2.24, 2.45) is 0 Å². The van der Waals surface area contributed by atoms with Gasteiger partial charge in [0.25, 0.3) is 11.8 Å². The van der Waals surface area contributed by atoms with E-state index in [1.54, 1.807) is 42.5 Å². The maximum Gasteiger partial charge on any atom is 0.322 e. The topological polar surface area (TPSA) is 86.5 Å². The molecule has 0 saturated heterocycles. The predicted molar refractivity (Wildman–Crippen MR) is 85.3 cm³/mol. The highest BCUT2D eigenvalue weighted by molar-refractivity contribution is 6.33. The van der Waals surface area contributed by atoms with Gasteiger partial charge in [-0.2, -0.15) is 0 Å². The number of benzene rings is 2. The Kier molecular flexibility index (Phi) is 3.55. The highest BCUT2D eigenvalue weighted by Gasteiger charge is 2.18. The molecular formula is C16H10ClN3O4. The molecule has 0 bridgehead atoms. The number of carbonyl (C=O) groups is 1. The van der Waals surface area contributed by atoms with Crippen molar-refractivity contribution < 1.29 is 18.7 Å². The molecule has 4 rings (SSSR count). The van der Waals surface area contributed by atoms with E-state index in [1.165, 1.54) is 0 Å². The molecule has 0 fully saturated rings. The van der Waals surface area contributed by atoms with Gasteiger partial charge in [-0.3, -0.25) is 10.1 Å². The summed E-state index contributed by atoms with van der Waals surface area (Å²) in [7, 11) is 0. The fourth-order valence-corrected chi connectivity index (χ4v) is 2.44.